The summed E-state index contributed by atoms with van der Waals surface area (Å²) in [7, 11) is 0. The molecule has 2 rings (SSSR count). The molecule has 1 N–H and O–H groups in total. The Bertz CT molecular complexity index is 863. The molecule has 5 nitrogen and oxygen atoms in total. The van der Waals surface area contributed by atoms with E-state index in [-0.39, 0.29) is 12.1 Å². The van der Waals surface area contributed by atoms with E-state index in [4.69, 9.17) is 4.74 Å². The number of para-hydroxylation sites is 1. The molecule has 2 amide bonds. The zero-order valence-electron chi connectivity index (χ0n) is 16.4. The van der Waals surface area contributed by atoms with E-state index in [1.807, 2.05) is 6.92 Å². The Morgan fingerprint density at radius 2 is 1.79 bits per heavy atom. The monoisotopic (exact) mass is 390 g/mol. The average Bonchev–Trinajstić information content (AvgIpc) is 2.59. The molecule has 0 atom stereocenters. The van der Waals surface area contributed by atoms with Crippen molar-refractivity contribution < 1.29 is 23.1 Å². The standard InChI is InChI=1S/C21H24F2N2O3/c1-5-25(20(27)28-21(2,3)4)13-14-8-6-7-9-18(14)24-19(26)16-11-10-15(22)12-17(16)23/h6-12H,5,13H2,1-4H3,(H,24,26). The van der Waals surface area contributed by atoms with Crippen LogP contribution in [0.2, 0.25) is 0 Å². The third-order valence-electron chi connectivity index (χ3n) is 3.84. The number of carbonyl (C=O) groups excluding carboxylic acids is 2. The Balaban J connectivity index is 2.20. The van der Waals surface area contributed by atoms with Gasteiger partial charge in [-0.15, -0.1) is 0 Å². The molecule has 0 spiro atoms. The van der Waals surface area contributed by atoms with E-state index < -0.39 is 29.2 Å². The number of amides is 2. The first-order chi connectivity index (χ1) is 13.1. The van der Waals surface area contributed by atoms with Crippen molar-refractivity contribution in [3.63, 3.8) is 0 Å². The Morgan fingerprint density at radius 3 is 2.39 bits per heavy atom. The molecule has 28 heavy (non-hydrogen) atoms. The number of ether oxygens (including phenoxy) is 1. The minimum absolute atomic E-state index is 0.202. The number of benzene rings is 2. The molecule has 7 heteroatoms. The summed E-state index contributed by atoms with van der Waals surface area (Å²) in [5, 5.41) is 2.62. The Kier molecular flexibility index (Phi) is 6.72. The fourth-order valence-corrected chi connectivity index (χ4v) is 2.48. The Labute approximate surface area is 163 Å². The summed E-state index contributed by atoms with van der Waals surface area (Å²) in [4.78, 5) is 26.2. The van der Waals surface area contributed by atoms with Gasteiger partial charge in [-0.2, -0.15) is 0 Å². The molecule has 150 valence electrons. The molecule has 2 aromatic rings. The van der Waals surface area contributed by atoms with Crippen LogP contribution < -0.4 is 5.32 Å². The number of anilines is 1. The van der Waals surface area contributed by atoms with Crippen LogP contribution in [-0.4, -0.2) is 29.0 Å². The maximum atomic E-state index is 13.9. The van der Waals surface area contributed by atoms with Gasteiger partial charge in [-0.05, 0) is 51.5 Å². The summed E-state index contributed by atoms with van der Waals surface area (Å²) in [5.41, 5.74) is 0.193. The van der Waals surface area contributed by atoms with E-state index in [2.05, 4.69) is 5.32 Å². The molecule has 0 aliphatic rings. The first-order valence-corrected chi connectivity index (χ1v) is 8.93. The van der Waals surface area contributed by atoms with E-state index in [0.29, 0.717) is 23.9 Å². The van der Waals surface area contributed by atoms with Gasteiger partial charge in [0.25, 0.3) is 5.91 Å². The lowest BCUT2D eigenvalue weighted by molar-refractivity contribution is 0.0245. The van der Waals surface area contributed by atoms with Crippen LogP contribution in [0.3, 0.4) is 0 Å². The van der Waals surface area contributed by atoms with Crippen LogP contribution in [0, 0.1) is 11.6 Å². The van der Waals surface area contributed by atoms with E-state index >= 15 is 0 Å². The van der Waals surface area contributed by atoms with Crippen LogP contribution in [0.4, 0.5) is 19.3 Å². The van der Waals surface area contributed by atoms with Gasteiger partial charge in [0.05, 0.1) is 12.1 Å². The SMILES string of the molecule is CCN(Cc1ccccc1NC(=O)c1ccc(F)cc1F)C(=O)OC(C)(C)C. The van der Waals surface area contributed by atoms with E-state index in [0.717, 1.165) is 12.1 Å². The van der Waals surface area contributed by atoms with Crippen molar-refractivity contribution >= 4 is 17.7 Å². The first kappa shape index (κ1) is 21.3. The van der Waals surface area contributed by atoms with Crippen LogP contribution >= 0.6 is 0 Å². The van der Waals surface area contributed by atoms with E-state index in [1.165, 1.54) is 4.90 Å². The van der Waals surface area contributed by atoms with Gasteiger partial charge in [-0.25, -0.2) is 13.6 Å². The lowest BCUT2D eigenvalue weighted by Gasteiger charge is -2.27. The lowest BCUT2D eigenvalue weighted by Crippen LogP contribution is -2.36. The zero-order valence-corrected chi connectivity index (χ0v) is 16.4. The topological polar surface area (TPSA) is 58.6 Å². The van der Waals surface area contributed by atoms with Crippen molar-refractivity contribution in [2.24, 2.45) is 0 Å². The quantitative estimate of drug-likeness (QED) is 0.784. The first-order valence-electron chi connectivity index (χ1n) is 8.93. The highest BCUT2D eigenvalue weighted by atomic mass is 19.1. The van der Waals surface area contributed by atoms with Crippen molar-refractivity contribution in [3.8, 4) is 0 Å². The summed E-state index contributed by atoms with van der Waals surface area (Å²) in [5.74, 6) is -2.41. The summed E-state index contributed by atoms with van der Waals surface area (Å²) in [6.07, 6.45) is -0.472. The maximum Gasteiger partial charge on any atom is 0.410 e. The van der Waals surface area contributed by atoms with Gasteiger partial charge in [-0.1, -0.05) is 18.2 Å². The molecular weight excluding hydrogens is 366 g/mol. The molecule has 0 fully saturated rings. The third kappa shape index (κ3) is 5.77. The molecular formula is C21H24F2N2O3. The highest BCUT2D eigenvalue weighted by Crippen LogP contribution is 2.21. The molecule has 0 aliphatic heterocycles. The van der Waals surface area contributed by atoms with Crippen molar-refractivity contribution in [2.45, 2.75) is 39.8 Å². The van der Waals surface area contributed by atoms with E-state index in [1.54, 1.807) is 45.0 Å². The Morgan fingerprint density at radius 1 is 1.11 bits per heavy atom. The van der Waals surface area contributed by atoms with Crippen molar-refractivity contribution in [1.82, 2.24) is 4.90 Å². The maximum absolute atomic E-state index is 13.9. The predicted octanol–water partition coefficient (Wildman–Crippen LogP) is 4.97. The highest BCUT2D eigenvalue weighted by molar-refractivity contribution is 6.04. The van der Waals surface area contributed by atoms with Crippen LogP contribution in [0.15, 0.2) is 42.5 Å². The van der Waals surface area contributed by atoms with Crippen molar-refractivity contribution in [3.05, 3.63) is 65.2 Å². The fraction of sp³-hybridized carbons (Fsp3) is 0.333. The molecule has 0 saturated carbocycles. The number of carbonyl (C=O) groups is 2. The molecule has 0 saturated heterocycles. The molecule has 0 aliphatic carbocycles. The van der Waals surface area contributed by atoms with Gasteiger partial charge in [-0.3, -0.25) is 4.79 Å². The lowest BCUT2D eigenvalue weighted by atomic mass is 10.1. The van der Waals surface area contributed by atoms with Crippen molar-refractivity contribution in [1.29, 1.82) is 0 Å². The molecule has 2 aromatic carbocycles. The minimum atomic E-state index is -0.945. The summed E-state index contributed by atoms with van der Waals surface area (Å²) < 4.78 is 32.3. The summed E-state index contributed by atoms with van der Waals surface area (Å²) >= 11 is 0. The van der Waals surface area contributed by atoms with Crippen LogP contribution in [0.1, 0.15) is 43.6 Å². The number of rotatable bonds is 5. The normalized spacial score (nSPS) is 11.1. The van der Waals surface area contributed by atoms with Crippen molar-refractivity contribution in [2.75, 3.05) is 11.9 Å². The Hall–Kier alpha value is -2.96. The average molecular weight is 390 g/mol. The van der Waals surface area contributed by atoms with Gasteiger partial charge in [0.15, 0.2) is 0 Å². The smallest absolute Gasteiger partial charge is 0.410 e. The fourth-order valence-electron chi connectivity index (χ4n) is 2.48. The molecule has 0 bridgehead atoms. The predicted molar refractivity (Wildman–Crippen MR) is 103 cm³/mol. The van der Waals surface area contributed by atoms with Crippen LogP contribution in [-0.2, 0) is 11.3 Å². The van der Waals surface area contributed by atoms with Crippen LogP contribution in [0.5, 0.6) is 0 Å². The second-order valence-corrected chi connectivity index (χ2v) is 7.23. The summed E-state index contributed by atoms with van der Waals surface area (Å²) in [6, 6.07) is 9.65. The van der Waals surface area contributed by atoms with Gasteiger partial charge in [0, 0.05) is 18.3 Å². The third-order valence-corrected chi connectivity index (χ3v) is 3.84. The van der Waals surface area contributed by atoms with E-state index in [9.17, 15) is 18.4 Å². The van der Waals surface area contributed by atoms with Gasteiger partial charge in [0.1, 0.15) is 17.2 Å². The molecule has 0 radical (unpaired) electrons. The van der Waals surface area contributed by atoms with Gasteiger partial charge >= 0.3 is 6.09 Å². The van der Waals surface area contributed by atoms with Gasteiger partial charge in [0.2, 0.25) is 0 Å². The zero-order chi connectivity index (χ0) is 20.9. The molecule has 0 unspecified atom stereocenters. The number of halogens is 2. The number of hydrogen-bond acceptors (Lipinski definition) is 3. The van der Waals surface area contributed by atoms with Crippen LogP contribution in [0.25, 0.3) is 0 Å². The second kappa shape index (κ2) is 8.82. The number of hydrogen-bond donors (Lipinski definition) is 1. The largest absolute Gasteiger partial charge is 0.444 e. The highest BCUT2D eigenvalue weighted by Gasteiger charge is 2.22. The summed E-state index contributed by atoms with van der Waals surface area (Å²) in [6.45, 7) is 7.77. The number of nitrogens with one attached hydrogen (secondary N) is 1. The number of nitrogens with zero attached hydrogens (tertiary/aromatic N) is 1. The molecule has 0 heterocycles. The minimum Gasteiger partial charge on any atom is -0.444 e. The molecule has 0 aromatic heterocycles. The second-order valence-electron chi connectivity index (χ2n) is 7.23. The van der Waals surface area contributed by atoms with Gasteiger partial charge < -0.3 is 15.0 Å².